The molecule has 0 spiro atoms. The van der Waals surface area contributed by atoms with Gasteiger partial charge in [-0.3, -0.25) is 9.48 Å². The smallest absolute Gasteiger partial charge is 0.253 e. The van der Waals surface area contributed by atoms with Crippen LogP contribution in [0.4, 0.5) is 0 Å². The van der Waals surface area contributed by atoms with Crippen molar-refractivity contribution >= 4 is 28.3 Å². The summed E-state index contributed by atoms with van der Waals surface area (Å²) in [5.74, 6) is 1.14. The lowest BCUT2D eigenvalue weighted by Gasteiger charge is -2.21. The van der Waals surface area contributed by atoms with Gasteiger partial charge in [-0.1, -0.05) is 24.3 Å². The maximum atomic E-state index is 13.9. The SMILES string of the molecule is COc1ccccc1C(NC(=O)c1cc(-c2cccs2)nc2c1c(C)nn2C)c1nccn1C. The number of amides is 1. The first-order valence-corrected chi connectivity index (χ1v) is 11.6. The van der Waals surface area contributed by atoms with Gasteiger partial charge in [-0.15, -0.1) is 11.3 Å². The van der Waals surface area contributed by atoms with Crippen molar-refractivity contribution in [1.29, 1.82) is 0 Å². The van der Waals surface area contributed by atoms with E-state index < -0.39 is 6.04 Å². The number of thiophene rings is 1. The number of fused-ring (bicyclic) bond motifs is 1. The van der Waals surface area contributed by atoms with Crippen LogP contribution in [0.1, 0.15) is 33.5 Å². The summed E-state index contributed by atoms with van der Waals surface area (Å²) in [6, 6.07) is 12.9. The zero-order chi connectivity index (χ0) is 23.8. The van der Waals surface area contributed by atoms with E-state index in [1.54, 1.807) is 29.3 Å². The minimum Gasteiger partial charge on any atom is -0.496 e. The normalized spacial score (nSPS) is 12.1. The molecule has 5 rings (SSSR count). The van der Waals surface area contributed by atoms with Crippen molar-refractivity contribution in [2.75, 3.05) is 7.11 Å². The molecule has 0 aliphatic heterocycles. The Morgan fingerprint density at radius 3 is 2.71 bits per heavy atom. The number of aryl methyl sites for hydroxylation is 3. The van der Waals surface area contributed by atoms with Crippen molar-refractivity contribution in [3.63, 3.8) is 0 Å². The van der Waals surface area contributed by atoms with Gasteiger partial charge in [0.25, 0.3) is 5.91 Å². The molecule has 0 radical (unpaired) electrons. The molecule has 172 valence electrons. The van der Waals surface area contributed by atoms with Crippen LogP contribution in [0.2, 0.25) is 0 Å². The van der Waals surface area contributed by atoms with E-state index in [2.05, 4.69) is 15.4 Å². The van der Waals surface area contributed by atoms with Crippen LogP contribution in [-0.2, 0) is 14.1 Å². The number of hydrogen-bond donors (Lipinski definition) is 1. The predicted molar refractivity (Wildman–Crippen MR) is 132 cm³/mol. The first-order valence-electron chi connectivity index (χ1n) is 10.8. The van der Waals surface area contributed by atoms with Gasteiger partial charge in [0.1, 0.15) is 17.6 Å². The summed E-state index contributed by atoms with van der Waals surface area (Å²) in [5.41, 5.74) is 3.49. The molecule has 8 nitrogen and oxygen atoms in total. The van der Waals surface area contributed by atoms with Crippen molar-refractivity contribution in [2.45, 2.75) is 13.0 Å². The summed E-state index contributed by atoms with van der Waals surface area (Å²) in [6.07, 6.45) is 3.57. The second kappa shape index (κ2) is 8.75. The van der Waals surface area contributed by atoms with Gasteiger partial charge < -0.3 is 14.6 Å². The van der Waals surface area contributed by atoms with Crippen LogP contribution >= 0.6 is 11.3 Å². The van der Waals surface area contributed by atoms with Crippen molar-refractivity contribution in [3.8, 4) is 16.3 Å². The lowest BCUT2D eigenvalue weighted by molar-refractivity contribution is 0.0942. The van der Waals surface area contributed by atoms with Crippen LogP contribution < -0.4 is 10.1 Å². The maximum absolute atomic E-state index is 13.9. The quantitative estimate of drug-likeness (QED) is 0.399. The third-order valence-corrected chi connectivity index (χ3v) is 6.72. The molecule has 0 saturated carbocycles. The Morgan fingerprint density at radius 1 is 1.18 bits per heavy atom. The highest BCUT2D eigenvalue weighted by molar-refractivity contribution is 7.13. The number of para-hydroxylation sites is 1. The van der Waals surface area contributed by atoms with E-state index in [4.69, 9.17) is 9.72 Å². The van der Waals surface area contributed by atoms with Crippen molar-refractivity contribution in [2.24, 2.45) is 14.1 Å². The molecule has 0 aliphatic rings. The second-order valence-corrected chi connectivity index (χ2v) is 8.93. The van der Waals surface area contributed by atoms with Gasteiger partial charge in [-0.2, -0.15) is 5.10 Å². The predicted octanol–water partition coefficient (Wildman–Crippen LogP) is 4.27. The molecule has 4 aromatic heterocycles. The largest absolute Gasteiger partial charge is 0.496 e. The van der Waals surface area contributed by atoms with Gasteiger partial charge >= 0.3 is 0 Å². The molecule has 5 aromatic rings. The zero-order valence-electron chi connectivity index (χ0n) is 19.3. The van der Waals surface area contributed by atoms with Gasteiger partial charge in [0.2, 0.25) is 0 Å². The van der Waals surface area contributed by atoms with Gasteiger partial charge in [-0.25, -0.2) is 9.97 Å². The van der Waals surface area contributed by atoms with E-state index in [1.165, 1.54) is 0 Å². The minimum atomic E-state index is -0.519. The van der Waals surface area contributed by atoms with Crippen LogP contribution in [0.3, 0.4) is 0 Å². The van der Waals surface area contributed by atoms with Crippen LogP contribution in [0, 0.1) is 6.92 Å². The molecular weight excluding hydrogens is 448 g/mol. The molecule has 0 aliphatic carbocycles. The second-order valence-electron chi connectivity index (χ2n) is 7.98. The molecule has 9 heteroatoms. The topological polar surface area (TPSA) is 86.9 Å². The number of ether oxygens (including phenoxy) is 1. The molecular formula is C25H24N6O2S. The molecule has 1 aromatic carbocycles. The van der Waals surface area contributed by atoms with E-state index in [-0.39, 0.29) is 5.91 Å². The number of hydrogen-bond acceptors (Lipinski definition) is 6. The zero-order valence-corrected chi connectivity index (χ0v) is 20.1. The average Bonchev–Trinajstić information content (AvgIpc) is 3.58. The molecule has 0 saturated heterocycles. The van der Waals surface area contributed by atoms with Gasteiger partial charge in [0.05, 0.1) is 34.3 Å². The van der Waals surface area contributed by atoms with E-state index in [0.717, 1.165) is 27.2 Å². The fourth-order valence-electron chi connectivity index (χ4n) is 4.22. The number of rotatable bonds is 6. The van der Waals surface area contributed by atoms with Crippen molar-refractivity contribution in [3.05, 3.63) is 82.9 Å². The summed E-state index contributed by atoms with van der Waals surface area (Å²) in [6.45, 7) is 1.89. The monoisotopic (exact) mass is 472 g/mol. The van der Waals surface area contributed by atoms with Crippen LogP contribution in [0.25, 0.3) is 21.6 Å². The van der Waals surface area contributed by atoms with Gasteiger partial charge in [-0.05, 0) is 30.5 Å². The molecule has 34 heavy (non-hydrogen) atoms. The lowest BCUT2D eigenvalue weighted by atomic mass is 10.0. The third kappa shape index (κ3) is 3.73. The average molecular weight is 473 g/mol. The Labute approximate surface area is 200 Å². The van der Waals surface area contributed by atoms with Crippen molar-refractivity contribution in [1.82, 2.24) is 29.6 Å². The van der Waals surface area contributed by atoms with Crippen LogP contribution in [0.5, 0.6) is 5.75 Å². The first kappa shape index (κ1) is 21.8. The number of carbonyl (C=O) groups is 1. The third-order valence-electron chi connectivity index (χ3n) is 5.83. The highest BCUT2D eigenvalue weighted by Gasteiger charge is 2.27. The number of methoxy groups -OCH3 is 1. The fraction of sp³-hybridized carbons (Fsp3) is 0.200. The Balaban J connectivity index is 1.65. The molecule has 0 fully saturated rings. The van der Waals surface area contributed by atoms with Crippen LogP contribution in [0.15, 0.2) is 60.2 Å². The van der Waals surface area contributed by atoms with Gasteiger partial charge in [0.15, 0.2) is 5.65 Å². The van der Waals surface area contributed by atoms with E-state index in [1.807, 2.05) is 79.6 Å². The highest BCUT2D eigenvalue weighted by Crippen LogP contribution is 2.32. The summed E-state index contributed by atoms with van der Waals surface area (Å²) < 4.78 is 9.21. The Bertz CT molecular complexity index is 1480. The maximum Gasteiger partial charge on any atom is 0.253 e. The van der Waals surface area contributed by atoms with Crippen molar-refractivity contribution < 1.29 is 9.53 Å². The molecule has 0 bridgehead atoms. The summed E-state index contributed by atoms with van der Waals surface area (Å²) >= 11 is 1.58. The molecule has 1 atom stereocenters. The number of carbonyl (C=O) groups excluding carboxylic acids is 1. The number of pyridine rings is 1. The first-order chi connectivity index (χ1) is 16.5. The summed E-state index contributed by atoms with van der Waals surface area (Å²) in [4.78, 5) is 24.2. The Morgan fingerprint density at radius 2 is 2.00 bits per heavy atom. The highest BCUT2D eigenvalue weighted by atomic mass is 32.1. The molecule has 1 amide bonds. The van der Waals surface area contributed by atoms with E-state index in [9.17, 15) is 4.79 Å². The van der Waals surface area contributed by atoms with Crippen LogP contribution in [-0.4, -0.2) is 37.3 Å². The number of nitrogens with zero attached hydrogens (tertiary/aromatic N) is 5. The van der Waals surface area contributed by atoms with E-state index in [0.29, 0.717) is 22.8 Å². The minimum absolute atomic E-state index is 0.236. The van der Waals surface area contributed by atoms with Gasteiger partial charge in [0, 0.05) is 32.1 Å². The molecule has 4 heterocycles. The van der Waals surface area contributed by atoms with E-state index >= 15 is 0 Å². The number of aromatic nitrogens is 5. The number of benzene rings is 1. The summed E-state index contributed by atoms with van der Waals surface area (Å²) in [5, 5.41) is 10.5. The number of nitrogens with one attached hydrogen (secondary N) is 1. The summed E-state index contributed by atoms with van der Waals surface area (Å²) in [7, 11) is 5.37. The fourth-order valence-corrected chi connectivity index (χ4v) is 4.91. The molecule has 1 unspecified atom stereocenters. The Kier molecular flexibility index (Phi) is 5.62. The lowest BCUT2D eigenvalue weighted by Crippen LogP contribution is -2.31. The standard InChI is InChI=1S/C25H24N6O2S/c1-15-21-17(14-18(20-10-7-13-34-20)27-23(21)31(3)29-15)25(32)28-22(24-26-11-12-30(24)2)16-8-5-6-9-19(16)33-4/h5-14,22H,1-4H3,(H,28,32). The Hall–Kier alpha value is -3.98. The number of imidazole rings is 1. The molecule has 1 N–H and O–H groups in total.